The third-order valence-electron chi connectivity index (χ3n) is 7.68. The summed E-state index contributed by atoms with van der Waals surface area (Å²) in [7, 11) is 0. The fourth-order valence-electron chi connectivity index (χ4n) is 6.62. The summed E-state index contributed by atoms with van der Waals surface area (Å²) in [6, 6.07) is 0. The molecule has 0 amide bonds. The van der Waals surface area contributed by atoms with Crippen molar-refractivity contribution in [2.45, 2.75) is 65.2 Å². The highest BCUT2D eigenvalue weighted by Gasteiger charge is 2.59. The first kappa shape index (κ1) is 15.4. The van der Waals surface area contributed by atoms with E-state index in [4.69, 9.17) is 0 Å². The van der Waals surface area contributed by atoms with E-state index >= 15 is 0 Å². The molecule has 0 unspecified atom stereocenters. The Morgan fingerprint density at radius 2 is 1.96 bits per heavy atom. The van der Waals surface area contributed by atoms with Crippen LogP contribution in [0.4, 0.5) is 0 Å². The Labute approximate surface area is 139 Å². The minimum absolute atomic E-state index is 0.0516. The Kier molecular flexibility index (Phi) is 3.44. The van der Waals surface area contributed by atoms with Gasteiger partial charge < -0.3 is 0 Å². The zero-order valence-electron chi connectivity index (χ0n) is 14.4. The maximum absolute atomic E-state index is 12.5. The van der Waals surface area contributed by atoms with Gasteiger partial charge in [-0.25, -0.2) is 0 Å². The van der Waals surface area contributed by atoms with Crippen molar-refractivity contribution in [3.8, 4) is 0 Å². The normalized spacial score (nSPS) is 45.3. The van der Waals surface area contributed by atoms with Gasteiger partial charge in [0.05, 0.1) is 0 Å². The van der Waals surface area contributed by atoms with Gasteiger partial charge in [0.15, 0.2) is 5.78 Å². The smallest absolute Gasteiger partial charge is 0.178 e. The zero-order valence-corrected chi connectivity index (χ0v) is 14.4. The molecule has 3 saturated carbocycles. The molecule has 0 aromatic heterocycles. The lowest BCUT2D eigenvalue weighted by molar-refractivity contribution is -0.131. The van der Waals surface area contributed by atoms with E-state index in [9.17, 15) is 9.59 Å². The molecule has 0 radical (unpaired) electrons. The fraction of sp³-hybridized carbons (Fsp3) is 0.714. The minimum atomic E-state index is -0.0516. The Bertz CT molecular complexity index is 613. The van der Waals surface area contributed by atoms with Gasteiger partial charge in [-0.2, -0.15) is 0 Å². The number of ketones is 2. The number of carbonyl (C=O) groups excluding carboxylic acids is 2. The van der Waals surface area contributed by atoms with Crippen molar-refractivity contribution >= 4 is 11.6 Å². The molecule has 3 fully saturated rings. The predicted molar refractivity (Wildman–Crippen MR) is 90.9 cm³/mol. The van der Waals surface area contributed by atoms with Crippen LogP contribution in [0.5, 0.6) is 0 Å². The molecule has 0 heterocycles. The van der Waals surface area contributed by atoms with Crippen LogP contribution in [-0.4, -0.2) is 11.6 Å². The Morgan fingerprint density at radius 3 is 2.74 bits per heavy atom. The van der Waals surface area contributed by atoms with Gasteiger partial charge in [-0.05, 0) is 68.4 Å². The van der Waals surface area contributed by atoms with Crippen molar-refractivity contribution in [3.05, 3.63) is 23.8 Å². The molecule has 2 heteroatoms. The number of Topliss-reactive ketones (excluding diaryl/α,β-unsaturated/α-hetero) is 1. The van der Waals surface area contributed by atoms with Gasteiger partial charge in [0.1, 0.15) is 5.78 Å². The van der Waals surface area contributed by atoms with Crippen LogP contribution in [-0.2, 0) is 9.59 Å². The van der Waals surface area contributed by atoms with Gasteiger partial charge in [-0.3, -0.25) is 9.59 Å². The molecular weight excluding hydrogens is 284 g/mol. The molecule has 0 saturated heterocycles. The molecule has 0 N–H and O–H groups in total. The molecule has 2 nitrogen and oxygen atoms in total. The molecule has 4 aliphatic carbocycles. The van der Waals surface area contributed by atoms with Crippen molar-refractivity contribution in [1.82, 2.24) is 0 Å². The van der Waals surface area contributed by atoms with Crippen LogP contribution in [0.3, 0.4) is 0 Å². The molecule has 0 bridgehead atoms. The van der Waals surface area contributed by atoms with Gasteiger partial charge >= 0.3 is 0 Å². The van der Waals surface area contributed by atoms with E-state index in [0.29, 0.717) is 23.5 Å². The van der Waals surface area contributed by atoms with Crippen LogP contribution in [0, 0.1) is 28.6 Å². The van der Waals surface area contributed by atoms with Crippen LogP contribution >= 0.6 is 0 Å². The Hall–Kier alpha value is -1.18. The van der Waals surface area contributed by atoms with Gasteiger partial charge in [0.25, 0.3) is 0 Å². The van der Waals surface area contributed by atoms with E-state index in [-0.39, 0.29) is 16.6 Å². The van der Waals surface area contributed by atoms with Crippen LogP contribution in [0.15, 0.2) is 23.8 Å². The van der Waals surface area contributed by atoms with E-state index < -0.39 is 0 Å². The first-order valence-electron chi connectivity index (χ1n) is 9.49. The molecular formula is C21H28O2. The van der Waals surface area contributed by atoms with Gasteiger partial charge in [0, 0.05) is 17.3 Å². The van der Waals surface area contributed by atoms with Crippen LogP contribution in [0.2, 0.25) is 0 Å². The quantitative estimate of drug-likeness (QED) is 0.744. The van der Waals surface area contributed by atoms with E-state index in [1.807, 2.05) is 12.2 Å². The second kappa shape index (κ2) is 5.16. The Morgan fingerprint density at radius 1 is 1.13 bits per heavy atom. The molecule has 23 heavy (non-hydrogen) atoms. The largest absolute Gasteiger partial charge is 0.299 e. The molecule has 4 aliphatic rings. The molecule has 0 spiro atoms. The summed E-state index contributed by atoms with van der Waals surface area (Å²) in [6.45, 7) is 4.49. The van der Waals surface area contributed by atoms with Crippen LogP contribution in [0.25, 0.3) is 0 Å². The monoisotopic (exact) mass is 312 g/mol. The summed E-state index contributed by atoms with van der Waals surface area (Å²) in [4.78, 5) is 24.4. The molecule has 0 aromatic rings. The van der Waals surface area contributed by atoms with Gasteiger partial charge in [0.2, 0.25) is 0 Å². The fourth-order valence-corrected chi connectivity index (χ4v) is 6.62. The molecule has 0 aromatic carbocycles. The van der Waals surface area contributed by atoms with Crippen molar-refractivity contribution < 1.29 is 9.59 Å². The highest BCUT2D eigenvalue weighted by Crippen LogP contribution is 2.64. The van der Waals surface area contributed by atoms with E-state index in [0.717, 1.165) is 44.9 Å². The average molecular weight is 312 g/mol. The van der Waals surface area contributed by atoms with Gasteiger partial charge in [-0.1, -0.05) is 31.9 Å². The van der Waals surface area contributed by atoms with E-state index in [2.05, 4.69) is 19.9 Å². The third kappa shape index (κ3) is 1.99. The summed E-state index contributed by atoms with van der Waals surface area (Å²) >= 11 is 0. The summed E-state index contributed by atoms with van der Waals surface area (Å²) < 4.78 is 0. The van der Waals surface area contributed by atoms with Crippen LogP contribution < -0.4 is 0 Å². The van der Waals surface area contributed by atoms with E-state index in [1.54, 1.807) is 0 Å². The van der Waals surface area contributed by atoms with Crippen molar-refractivity contribution in [1.29, 1.82) is 0 Å². The maximum Gasteiger partial charge on any atom is 0.178 e. The first-order valence-corrected chi connectivity index (χ1v) is 9.49. The summed E-state index contributed by atoms with van der Waals surface area (Å²) in [5, 5.41) is 0. The first-order chi connectivity index (χ1) is 11.0. The predicted octanol–water partition coefficient (Wildman–Crippen LogP) is 4.64. The number of allylic oxidation sites excluding steroid dienone is 4. The third-order valence-corrected chi connectivity index (χ3v) is 7.68. The zero-order chi connectivity index (χ0) is 16.2. The lowest BCUT2D eigenvalue weighted by atomic mass is 9.47. The number of hydrogen-bond acceptors (Lipinski definition) is 2. The van der Waals surface area contributed by atoms with Gasteiger partial charge in [-0.15, -0.1) is 0 Å². The molecule has 0 aliphatic heterocycles. The maximum atomic E-state index is 12.5. The molecule has 124 valence electrons. The Balaban J connectivity index is 1.74. The SMILES string of the molecule is CCC[C@]12C=CC(=O)C=C1CC[C@H]1[C@@H]3CCC(=O)[C@@]3(C)CC[C@@H]12. The second-order valence-corrected chi connectivity index (χ2v) is 8.53. The van der Waals surface area contributed by atoms with E-state index in [1.165, 1.54) is 12.0 Å². The van der Waals surface area contributed by atoms with Crippen molar-refractivity contribution in [3.63, 3.8) is 0 Å². The molecule has 4 rings (SSSR count). The number of fused-ring (bicyclic) bond motifs is 5. The number of carbonyl (C=O) groups is 2. The second-order valence-electron chi connectivity index (χ2n) is 8.53. The lowest BCUT2D eigenvalue weighted by Gasteiger charge is -2.56. The number of hydrogen-bond donors (Lipinski definition) is 0. The van der Waals surface area contributed by atoms with Crippen LogP contribution in [0.1, 0.15) is 65.2 Å². The van der Waals surface area contributed by atoms with Crippen molar-refractivity contribution in [2.24, 2.45) is 28.6 Å². The lowest BCUT2D eigenvalue weighted by Crippen LogP contribution is -2.50. The highest BCUT2D eigenvalue weighted by atomic mass is 16.1. The summed E-state index contributed by atoms with van der Waals surface area (Å²) in [5.74, 6) is 2.57. The average Bonchev–Trinajstić information content (AvgIpc) is 2.84. The molecule has 5 atom stereocenters. The standard InChI is InChI=1S/C21H28O2/c1-3-10-21-12-8-15(22)13-14(21)4-5-16-17-6-7-19(23)20(17,2)11-9-18(16)21/h8,12-13,16-18H,3-7,9-11H2,1-2H3/t16-,17-,18-,20-,21-/m0/s1. The van der Waals surface area contributed by atoms with Crippen molar-refractivity contribution in [2.75, 3.05) is 0 Å². The number of rotatable bonds is 2. The minimum Gasteiger partial charge on any atom is -0.299 e. The highest BCUT2D eigenvalue weighted by molar-refractivity contribution is 6.01. The topological polar surface area (TPSA) is 34.1 Å². The summed E-state index contributed by atoms with van der Waals surface area (Å²) in [5.41, 5.74) is 1.45. The summed E-state index contributed by atoms with van der Waals surface area (Å²) in [6.07, 6.45) is 14.6.